The smallest absolute Gasteiger partial charge is 0.104 e. The lowest BCUT2D eigenvalue weighted by Crippen LogP contribution is -2.34. The Balaban J connectivity index is 1.63. The summed E-state index contributed by atoms with van der Waals surface area (Å²) >= 11 is 0. The standard InChI is InChI=1S/C16H27NO/c18-13-5-4-10-17-11-8-16(9-12-17)14-15-6-2-1-3-7-15/h15-16,18H,1-3,6-14H2. The molecule has 0 aromatic heterocycles. The maximum atomic E-state index is 8.63. The van der Waals surface area contributed by atoms with Crippen molar-refractivity contribution >= 4 is 0 Å². The molecule has 2 aliphatic rings. The van der Waals surface area contributed by atoms with Crippen molar-refractivity contribution in [2.24, 2.45) is 11.8 Å². The maximum absolute atomic E-state index is 8.63. The van der Waals surface area contributed by atoms with Crippen molar-refractivity contribution in [3.8, 4) is 11.8 Å². The Morgan fingerprint density at radius 3 is 2.22 bits per heavy atom. The number of nitrogens with zero attached hydrogens (tertiary/aromatic N) is 1. The van der Waals surface area contributed by atoms with Gasteiger partial charge in [-0.3, -0.25) is 4.90 Å². The van der Waals surface area contributed by atoms with Crippen LogP contribution in [0.25, 0.3) is 0 Å². The largest absolute Gasteiger partial charge is 0.384 e. The highest BCUT2D eigenvalue weighted by Crippen LogP contribution is 2.32. The molecule has 102 valence electrons. The number of piperidine rings is 1. The van der Waals surface area contributed by atoms with Gasteiger partial charge in [-0.05, 0) is 44.2 Å². The molecule has 2 nitrogen and oxygen atoms in total. The minimum Gasteiger partial charge on any atom is -0.384 e. The fraction of sp³-hybridized carbons (Fsp3) is 0.875. The van der Waals surface area contributed by atoms with E-state index in [0.717, 1.165) is 18.4 Å². The molecule has 1 N–H and O–H groups in total. The molecule has 0 aromatic carbocycles. The van der Waals surface area contributed by atoms with Crippen LogP contribution in [-0.2, 0) is 0 Å². The summed E-state index contributed by atoms with van der Waals surface area (Å²) in [5.74, 6) is 7.76. The number of aliphatic hydroxyl groups is 1. The van der Waals surface area contributed by atoms with Gasteiger partial charge in [0.25, 0.3) is 0 Å². The molecule has 0 spiro atoms. The van der Waals surface area contributed by atoms with Crippen molar-refractivity contribution < 1.29 is 5.11 Å². The van der Waals surface area contributed by atoms with Crippen LogP contribution < -0.4 is 0 Å². The van der Waals surface area contributed by atoms with E-state index in [4.69, 9.17) is 5.11 Å². The molecule has 1 saturated carbocycles. The van der Waals surface area contributed by atoms with Gasteiger partial charge in [-0.1, -0.05) is 43.9 Å². The SMILES string of the molecule is OCC#CCN1CCC(CC2CCCCC2)CC1. The predicted octanol–water partition coefficient (Wildman–Crippen LogP) is 2.66. The van der Waals surface area contributed by atoms with Gasteiger partial charge in [0.2, 0.25) is 0 Å². The minimum atomic E-state index is -0.00184. The number of rotatable bonds is 3. The highest BCUT2D eigenvalue weighted by Gasteiger charge is 2.22. The van der Waals surface area contributed by atoms with Crippen molar-refractivity contribution in [3.63, 3.8) is 0 Å². The first-order valence-corrected chi connectivity index (χ1v) is 7.67. The molecule has 2 fully saturated rings. The predicted molar refractivity (Wildman–Crippen MR) is 75.2 cm³/mol. The van der Waals surface area contributed by atoms with E-state index >= 15 is 0 Å². The molecule has 0 radical (unpaired) electrons. The summed E-state index contributed by atoms with van der Waals surface area (Å²) in [7, 11) is 0. The Morgan fingerprint density at radius 1 is 0.889 bits per heavy atom. The average molecular weight is 249 g/mol. The van der Waals surface area contributed by atoms with E-state index in [0.29, 0.717) is 0 Å². The topological polar surface area (TPSA) is 23.5 Å². The Morgan fingerprint density at radius 2 is 1.56 bits per heavy atom. The van der Waals surface area contributed by atoms with Crippen LogP contribution in [0.15, 0.2) is 0 Å². The van der Waals surface area contributed by atoms with Gasteiger partial charge in [0.05, 0.1) is 6.54 Å². The van der Waals surface area contributed by atoms with Gasteiger partial charge >= 0.3 is 0 Å². The quantitative estimate of drug-likeness (QED) is 0.777. The molecule has 0 unspecified atom stereocenters. The second-order valence-corrected chi connectivity index (χ2v) is 5.97. The molecule has 1 aliphatic heterocycles. The first kappa shape index (κ1) is 13.9. The minimum absolute atomic E-state index is 0.00184. The third-order valence-corrected chi connectivity index (χ3v) is 4.61. The van der Waals surface area contributed by atoms with E-state index in [-0.39, 0.29) is 6.61 Å². The lowest BCUT2D eigenvalue weighted by molar-refractivity contribution is 0.171. The van der Waals surface area contributed by atoms with Crippen LogP contribution in [0.5, 0.6) is 0 Å². The van der Waals surface area contributed by atoms with E-state index in [9.17, 15) is 0 Å². The molecule has 1 heterocycles. The van der Waals surface area contributed by atoms with Gasteiger partial charge in [-0.25, -0.2) is 0 Å². The summed E-state index contributed by atoms with van der Waals surface area (Å²) in [4.78, 5) is 2.43. The summed E-state index contributed by atoms with van der Waals surface area (Å²) in [6, 6.07) is 0. The van der Waals surface area contributed by atoms with Crippen molar-refractivity contribution in [1.29, 1.82) is 0 Å². The molecular formula is C16H27NO. The molecule has 18 heavy (non-hydrogen) atoms. The van der Waals surface area contributed by atoms with Gasteiger partial charge in [0, 0.05) is 0 Å². The van der Waals surface area contributed by atoms with Crippen LogP contribution in [0.2, 0.25) is 0 Å². The average Bonchev–Trinajstić information content (AvgIpc) is 2.42. The summed E-state index contributed by atoms with van der Waals surface area (Å²) in [5, 5.41) is 8.63. The third kappa shape index (κ3) is 4.63. The molecule has 2 heteroatoms. The number of hydrogen-bond donors (Lipinski definition) is 1. The Kier molecular flexibility index (Phi) is 6.04. The van der Waals surface area contributed by atoms with Crippen LogP contribution in [0.3, 0.4) is 0 Å². The molecule has 0 aromatic rings. The van der Waals surface area contributed by atoms with Crippen molar-refractivity contribution in [3.05, 3.63) is 0 Å². The van der Waals surface area contributed by atoms with Crippen LogP contribution in [0.4, 0.5) is 0 Å². The zero-order valence-electron chi connectivity index (χ0n) is 11.5. The normalized spacial score (nSPS) is 23.6. The summed E-state index contributed by atoms with van der Waals surface area (Å²) in [5.41, 5.74) is 0. The number of likely N-dealkylation sites (tertiary alicyclic amines) is 1. The van der Waals surface area contributed by atoms with Crippen LogP contribution in [0.1, 0.15) is 51.4 Å². The fourth-order valence-corrected chi connectivity index (χ4v) is 3.50. The van der Waals surface area contributed by atoms with Gasteiger partial charge in [0.1, 0.15) is 6.61 Å². The molecule has 0 atom stereocenters. The second kappa shape index (κ2) is 7.81. The Bertz CT molecular complexity index is 277. The highest BCUT2D eigenvalue weighted by atomic mass is 16.2. The van der Waals surface area contributed by atoms with Gasteiger partial charge in [-0.15, -0.1) is 0 Å². The van der Waals surface area contributed by atoms with E-state index < -0.39 is 0 Å². The lowest BCUT2D eigenvalue weighted by Gasteiger charge is -2.33. The summed E-state index contributed by atoms with van der Waals surface area (Å²) < 4.78 is 0. The van der Waals surface area contributed by atoms with Crippen LogP contribution in [0, 0.1) is 23.7 Å². The molecule has 1 saturated heterocycles. The Labute approximate surface area is 112 Å². The molecule has 1 aliphatic carbocycles. The van der Waals surface area contributed by atoms with Crippen molar-refractivity contribution in [2.75, 3.05) is 26.2 Å². The third-order valence-electron chi connectivity index (χ3n) is 4.61. The van der Waals surface area contributed by atoms with Gasteiger partial charge < -0.3 is 5.11 Å². The monoisotopic (exact) mass is 249 g/mol. The van der Waals surface area contributed by atoms with E-state index in [1.54, 1.807) is 0 Å². The van der Waals surface area contributed by atoms with Gasteiger partial charge in [0.15, 0.2) is 0 Å². The zero-order valence-corrected chi connectivity index (χ0v) is 11.5. The first-order chi connectivity index (χ1) is 8.88. The molecule has 2 rings (SSSR count). The first-order valence-electron chi connectivity index (χ1n) is 7.67. The number of hydrogen-bond acceptors (Lipinski definition) is 2. The highest BCUT2D eigenvalue weighted by molar-refractivity contribution is 5.01. The maximum Gasteiger partial charge on any atom is 0.104 e. The van der Waals surface area contributed by atoms with E-state index in [1.165, 1.54) is 64.5 Å². The Hall–Kier alpha value is -0.520. The van der Waals surface area contributed by atoms with E-state index in [2.05, 4.69) is 16.7 Å². The van der Waals surface area contributed by atoms with Gasteiger partial charge in [-0.2, -0.15) is 0 Å². The number of aliphatic hydroxyl groups excluding tert-OH is 1. The van der Waals surface area contributed by atoms with Crippen LogP contribution in [-0.4, -0.2) is 36.2 Å². The molecule has 0 amide bonds. The molecule has 0 bridgehead atoms. The zero-order chi connectivity index (χ0) is 12.6. The van der Waals surface area contributed by atoms with E-state index in [1.807, 2.05) is 0 Å². The fourth-order valence-electron chi connectivity index (χ4n) is 3.50. The lowest BCUT2D eigenvalue weighted by atomic mass is 9.80. The summed E-state index contributed by atoms with van der Waals surface area (Å²) in [6.45, 7) is 3.25. The van der Waals surface area contributed by atoms with Crippen LogP contribution >= 0.6 is 0 Å². The second-order valence-electron chi connectivity index (χ2n) is 5.97. The summed E-state index contributed by atoms with van der Waals surface area (Å²) in [6.07, 6.45) is 11.6. The molecular weight excluding hydrogens is 222 g/mol. The van der Waals surface area contributed by atoms with Crippen molar-refractivity contribution in [1.82, 2.24) is 4.90 Å². The van der Waals surface area contributed by atoms with Crippen molar-refractivity contribution in [2.45, 2.75) is 51.4 Å².